The minimum Gasteiger partial charge on any atom is -0.457 e. The van der Waals surface area contributed by atoms with E-state index in [2.05, 4.69) is 20.6 Å². The van der Waals surface area contributed by atoms with Crippen molar-refractivity contribution in [1.82, 2.24) is 9.97 Å². The molecule has 2 N–H and O–H groups in total. The summed E-state index contributed by atoms with van der Waals surface area (Å²) in [4.78, 5) is 20.7. The molecule has 10 heteroatoms. The fourth-order valence-corrected chi connectivity index (χ4v) is 3.18. The molecule has 1 heterocycles. The summed E-state index contributed by atoms with van der Waals surface area (Å²) in [5.74, 6) is 1.00. The lowest BCUT2D eigenvalue weighted by molar-refractivity contribution is -0.137. The first kappa shape index (κ1) is 21.4. The van der Waals surface area contributed by atoms with E-state index in [-0.39, 0.29) is 5.69 Å². The van der Waals surface area contributed by atoms with Crippen LogP contribution >= 0.6 is 11.6 Å². The Balaban J connectivity index is 1.43. The second kappa shape index (κ2) is 8.72. The number of amides is 2. The highest BCUT2D eigenvalue weighted by molar-refractivity contribution is 6.31. The molecule has 0 fully saturated rings. The van der Waals surface area contributed by atoms with Crippen LogP contribution in [0.3, 0.4) is 0 Å². The largest absolute Gasteiger partial charge is 0.457 e. The Bertz CT molecular complexity index is 1300. The zero-order valence-corrected chi connectivity index (χ0v) is 16.9. The van der Waals surface area contributed by atoms with Crippen LogP contribution in [0.4, 0.5) is 29.3 Å². The predicted octanol–water partition coefficient (Wildman–Crippen LogP) is 6.74. The molecule has 162 valence electrons. The van der Waals surface area contributed by atoms with Gasteiger partial charge in [0, 0.05) is 35.9 Å². The topological polar surface area (TPSA) is 76.1 Å². The summed E-state index contributed by atoms with van der Waals surface area (Å²) < 4.78 is 44.2. The SMILES string of the molecule is O=C(Nc1cccc(Oc2ccc3nccnc3c2)c1)Nc1ccc(C(F)(F)F)c(Cl)c1. The van der Waals surface area contributed by atoms with Crippen LogP contribution in [-0.4, -0.2) is 16.0 Å². The van der Waals surface area contributed by atoms with E-state index in [9.17, 15) is 18.0 Å². The van der Waals surface area contributed by atoms with E-state index in [0.29, 0.717) is 22.7 Å². The van der Waals surface area contributed by atoms with Crippen molar-refractivity contribution in [3.63, 3.8) is 0 Å². The third-order valence-electron chi connectivity index (χ3n) is 4.30. The molecular weight excluding hydrogens is 445 g/mol. The lowest BCUT2D eigenvalue weighted by Crippen LogP contribution is -2.19. The number of carbonyl (C=O) groups excluding carboxylic acids is 1. The maximum atomic E-state index is 12.8. The van der Waals surface area contributed by atoms with Crippen LogP contribution < -0.4 is 15.4 Å². The number of hydrogen-bond acceptors (Lipinski definition) is 4. The van der Waals surface area contributed by atoms with Gasteiger partial charge in [-0.25, -0.2) is 4.79 Å². The van der Waals surface area contributed by atoms with Crippen LogP contribution in [0.5, 0.6) is 11.5 Å². The molecule has 3 aromatic carbocycles. The standard InChI is InChI=1S/C22H14ClF3N4O2/c23-18-11-14(4-6-17(18)22(24,25)26)30-21(31)29-13-2-1-3-15(10-13)32-16-5-7-19-20(12-16)28-9-8-27-19/h1-12H,(H2,29,30,31). The summed E-state index contributed by atoms with van der Waals surface area (Å²) in [6.07, 6.45) is -1.39. The van der Waals surface area contributed by atoms with Crippen LogP contribution in [-0.2, 0) is 6.18 Å². The molecule has 0 saturated heterocycles. The Morgan fingerprint density at radius 2 is 1.53 bits per heavy atom. The van der Waals surface area contributed by atoms with Gasteiger partial charge >= 0.3 is 12.2 Å². The molecule has 32 heavy (non-hydrogen) atoms. The number of alkyl halides is 3. The lowest BCUT2D eigenvalue weighted by Gasteiger charge is -2.12. The molecule has 1 aromatic heterocycles. The van der Waals surface area contributed by atoms with E-state index in [1.807, 2.05) is 0 Å². The predicted molar refractivity (Wildman–Crippen MR) is 115 cm³/mol. The van der Waals surface area contributed by atoms with Gasteiger partial charge < -0.3 is 15.4 Å². The van der Waals surface area contributed by atoms with Gasteiger partial charge in [0.25, 0.3) is 0 Å². The van der Waals surface area contributed by atoms with Crippen LogP contribution in [0.15, 0.2) is 73.1 Å². The summed E-state index contributed by atoms with van der Waals surface area (Å²) in [5.41, 5.74) is 0.961. The quantitative estimate of drug-likeness (QED) is 0.355. The number of nitrogens with zero attached hydrogens (tertiary/aromatic N) is 2. The minimum atomic E-state index is -4.57. The highest BCUT2D eigenvalue weighted by Crippen LogP contribution is 2.36. The molecule has 0 aliphatic carbocycles. The van der Waals surface area contributed by atoms with E-state index in [1.165, 1.54) is 0 Å². The summed E-state index contributed by atoms with van der Waals surface area (Å²) >= 11 is 5.68. The first-order valence-corrected chi connectivity index (χ1v) is 9.59. The summed E-state index contributed by atoms with van der Waals surface area (Å²) in [6.45, 7) is 0. The number of aromatic nitrogens is 2. The molecule has 0 spiro atoms. The number of nitrogens with one attached hydrogen (secondary N) is 2. The van der Waals surface area contributed by atoms with Gasteiger partial charge in [-0.15, -0.1) is 0 Å². The molecule has 6 nitrogen and oxygen atoms in total. The van der Waals surface area contributed by atoms with Gasteiger partial charge in [0.05, 0.1) is 21.6 Å². The molecule has 0 unspecified atom stereocenters. The second-order valence-electron chi connectivity index (χ2n) is 6.61. The average molecular weight is 459 g/mol. The Hall–Kier alpha value is -3.85. The fraction of sp³-hybridized carbons (Fsp3) is 0.0455. The maximum Gasteiger partial charge on any atom is 0.417 e. The molecule has 4 aromatic rings. The second-order valence-corrected chi connectivity index (χ2v) is 7.02. The van der Waals surface area contributed by atoms with E-state index in [1.54, 1.807) is 54.9 Å². The molecule has 4 rings (SSSR count). The number of carbonyl (C=O) groups is 1. The number of benzene rings is 3. The fourth-order valence-electron chi connectivity index (χ4n) is 2.90. The minimum absolute atomic E-state index is 0.116. The number of urea groups is 1. The van der Waals surface area contributed by atoms with Crippen LogP contribution in [0.2, 0.25) is 5.02 Å². The number of halogens is 4. The van der Waals surface area contributed by atoms with Gasteiger partial charge in [-0.3, -0.25) is 9.97 Å². The van der Waals surface area contributed by atoms with E-state index >= 15 is 0 Å². The van der Waals surface area contributed by atoms with Gasteiger partial charge in [0.2, 0.25) is 0 Å². The number of hydrogen-bond donors (Lipinski definition) is 2. The summed E-state index contributed by atoms with van der Waals surface area (Å²) in [6, 6.07) is 14.2. The normalized spacial score (nSPS) is 11.2. The zero-order valence-electron chi connectivity index (χ0n) is 16.2. The first-order valence-electron chi connectivity index (χ1n) is 9.21. The van der Waals surface area contributed by atoms with Gasteiger partial charge in [-0.2, -0.15) is 13.2 Å². The molecule has 0 atom stereocenters. The number of anilines is 2. The van der Waals surface area contributed by atoms with Gasteiger partial charge in [0.1, 0.15) is 11.5 Å². The monoisotopic (exact) mass is 458 g/mol. The molecule has 2 amide bonds. The number of rotatable bonds is 4. The maximum absolute atomic E-state index is 12.8. The van der Waals surface area contributed by atoms with Crippen LogP contribution in [0.1, 0.15) is 5.56 Å². The lowest BCUT2D eigenvalue weighted by atomic mass is 10.2. The molecule has 0 aliphatic heterocycles. The van der Waals surface area contributed by atoms with Crippen molar-refractivity contribution in [3.05, 3.63) is 83.6 Å². The average Bonchev–Trinajstić information content (AvgIpc) is 2.73. The summed E-state index contributed by atoms with van der Waals surface area (Å²) in [5, 5.41) is 4.53. The number of fused-ring (bicyclic) bond motifs is 1. The Morgan fingerprint density at radius 3 is 2.25 bits per heavy atom. The van der Waals surface area contributed by atoms with Crippen molar-refractivity contribution in [2.75, 3.05) is 10.6 Å². The molecule has 0 aliphatic rings. The molecule has 0 saturated carbocycles. The van der Waals surface area contributed by atoms with Crippen molar-refractivity contribution in [1.29, 1.82) is 0 Å². The molecule has 0 radical (unpaired) electrons. The van der Waals surface area contributed by atoms with E-state index < -0.39 is 22.8 Å². The molecule has 0 bridgehead atoms. The highest BCUT2D eigenvalue weighted by atomic mass is 35.5. The Labute approximate surface area is 185 Å². The van der Waals surface area contributed by atoms with Crippen LogP contribution in [0, 0.1) is 0 Å². The smallest absolute Gasteiger partial charge is 0.417 e. The van der Waals surface area contributed by atoms with Crippen molar-refractivity contribution in [2.24, 2.45) is 0 Å². The van der Waals surface area contributed by atoms with Crippen LogP contribution in [0.25, 0.3) is 11.0 Å². The van der Waals surface area contributed by atoms with E-state index in [0.717, 1.165) is 23.7 Å². The van der Waals surface area contributed by atoms with Crippen molar-refractivity contribution in [3.8, 4) is 11.5 Å². The zero-order chi connectivity index (χ0) is 22.7. The number of ether oxygens (including phenoxy) is 1. The third kappa shape index (κ3) is 5.06. The summed E-state index contributed by atoms with van der Waals surface area (Å²) in [7, 11) is 0. The Kier molecular flexibility index (Phi) is 5.83. The van der Waals surface area contributed by atoms with Gasteiger partial charge in [-0.05, 0) is 42.5 Å². The van der Waals surface area contributed by atoms with E-state index in [4.69, 9.17) is 16.3 Å². The van der Waals surface area contributed by atoms with Gasteiger partial charge in [0.15, 0.2) is 0 Å². The molecular formula is C22H14ClF3N4O2. The van der Waals surface area contributed by atoms with Crippen molar-refractivity contribution in [2.45, 2.75) is 6.18 Å². The third-order valence-corrected chi connectivity index (χ3v) is 4.61. The highest BCUT2D eigenvalue weighted by Gasteiger charge is 2.33. The van der Waals surface area contributed by atoms with Crippen molar-refractivity contribution < 1.29 is 22.7 Å². The first-order chi connectivity index (χ1) is 15.3. The van der Waals surface area contributed by atoms with Crippen molar-refractivity contribution >= 4 is 40.0 Å². The van der Waals surface area contributed by atoms with Gasteiger partial charge in [-0.1, -0.05) is 17.7 Å². The Morgan fingerprint density at radius 1 is 0.844 bits per heavy atom.